The summed E-state index contributed by atoms with van der Waals surface area (Å²) in [6, 6.07) is 3.45. The van der Waals surface area contributed by atoms with Gasteiger partial charge in [0.15, 0.2) is 0 Å². The van der Waals surface area contributed by atoms with Crippen molar-refractivity contribution in [1.29, 1.82) is 0 Å². The molecule has 0 aromatic heterocycles. The Bertz CT molecular complexity index is 605. The molecule has 22 heavy (non-hydrogen) atoms. The van der Waals surface area contributed by atoms with Crippen LogP contribution in [0.25, 0.3) is 0 Å². The van der Waals surface area contributed by atoms with E-state index in [1.807, 2.05) is 0 Å². The minimum atomic E-state index is -0.821. The first-order valence-electron chi connectivity index (χ1n) is 7.21. The number of hydrogen-bond acceptors (Lipinski definition) is 5. The Balaban J connectivity index is 2.23. The summed E-state index contributed by atoms with van der Waals surface area (Å²) in [5.41, 5.74) is 7.29. The second-order valence-corrected chi connectivity index (χ2v) is 6.37. The number of carbonyl (C=O) groups is 2. The molecule has 6 heteroatoms. The second-order valence-electron chi connectivity index (χ2n) is 6.37. The lowest BCUT2D eigenvalue weighted by atomic mass is 10.00. The van der Waals surface area contributed by atoms with Gasteiger partial charge in [-0.1, -0.05) is 0 Å². The second kappa shape index (κ2) is 5.87. The van der Waals surface area contributed by atoms with Crippen LogP contribution in [0.3, 0.4) is 0 Å². The maximum atomic E-state index is 12.3. The van der Waals surface area contributed by atoms with Gasteiger partial charge in [-0.25, -0.2) is 0 Å². The van der Waals surface area contributed by atoms with E-state index in [2.05, 4.69) is 5.32 Å². The smallest absolute Gasteiger partial charge is 0.319 e. The summed E-state index contributed by atoms with van der Waals surface area (Å²) in [7, 11) is 1.51. The Labute approximate surface area is 130 Å². The molecule has 0 spiro atoms. The van der Waals surface area contributed by atoms with E-state index in [1.165, 1.54) is 7.11 Å². The van der Waals surface area contributed by atoms with Crippen LogP contribution in [0.4, 0.5) is 11.4 Å². The fourth-order valence-corrected chi connectivity index (χ4v) is 2.39. The van der Waals surface area contributed by atoms with Gasteiger partial charge >= 0.3 is 5.97 Å². The molecular formula is C16H22N2O4. The molecule has 3 N–H and O–H groups in total. The number of rotatable bonds is 2. The van der Waals surface area contributed by atoms with Crippen LogP contribution in [0.5, 0.6) is 5.75 Å². The third-order valence-electron chi connectivity index (χ3n) is 3.42. The van der Waals surface area contributed by atoms with Crippen LogP contribution in [-0.4, -0.2) is 24.6 Å². The van der Waals surface area contributed by atoms with Crippen LogP contribution in [-0.2, 0) is 20.7 Å². The van der Waals surface area contributed by atoms with Gasteiger partial charge in [-0.05, 0) is 45.2 Å². The molecule has 1 amide bonds. The number of fused-ring (bicyclic) bond motifs is 1. The molecule has 0 saturated heterocycles. The number of nitrogens with two attached hydrogens (primary N) is 1. The number of aryl methyl sites for hydroxylation is 1. The Kier molecular flexibility index (Phi) is 4.30. The molecule has 0 bridgehead atoms. The molecule has 120 valence electrons. The topological polar surface area (TPSA) is 90.7 Å². The van der Waals surface area contributed by atoms with Crippen LogP contribution in [0.1, 0.15) is 32.8 Å². The van der Waals surface area contributed by atoms with Gasteiger partial charge in [0.1, 0.15) is 17.3 Å². The quantitative estimate of drug-likeness (QED) is 0.496. The van der Waals surface area contributed by atoms with Crippen molar-refractivity contribution in [2.75, 3.05) is 18.2 Å². The molecule has 1 heterocycles. The average molecular weight is 306 g/mol. The average Bonchev–Trinajstić information content (AvgIpc) is 2.54. The van der Waals surface area contributed by atoms with E-state index in [4.69, 9.17) is 15.2 Å². The van der Waals surface area contributed by atoms with Gasteiger partial charge in [-0.2, -0.15) is 0 Å². The van der Waals surface area contributed by atoms with Crippen molar-refractivity contribution in [3.63, 3.8) is 0 Å². The first-order chi connectivity index (χ1) is 10.2. The molecule has 0 aliphatic carbocycles. The van der Waals surface area contributed by atoms with Crippen molar-refractivity contribution in [1.82, 2.24) is 0 Å². The molecular weight excluding hydrogens is 284 g/mol. The Morgan fingerprint density at radius 1 is 1.36 bits per heavy atom. The lowest BCUT2D eigenvalue weighted by Gasteiger charge is -2.22. The summed E-state index contributed by atoms with van der Waals surface area (Å²) in [5, 5.41) is 2.77. The highest BCUT2D eigenvalue weighted by Gasteiger charge is 2.33. The van der Waals surface area contributed by atoms with Crippen LogP contribution >= 0.6 is 0 Å². The monoisotopic (exact) mass is 306 g/mol. The van der Waals surface area contributed by atoms with E-state index in [9.17, 15) is 9.59 Å². The van der Waals surface area contributed by atoms with Crippen LogP contribution in [0, 0.1) is 5.92 Å². The number of nitrogen functional groups attached to an aromatic ring is 1. The fourth-order valence-electron chi connectivity index (χ4n) is 2.39. The number of benzene rings is 1. The molecule has 0 radical (unpaired) electrons. The van der Waals surface area contributed by atoms with Gasteiger partial charge in [-0.15, -0.1) is 0 Å². The minimum absolute atomic E-state index is 0.361. The Hall–Kier alpha value is -2.24. The zero-order valence-electron chi connectivity index (χ0n) is 13.4. The van der Waals surface area contributed by atoms with Crippen LogP contribution in [0.2, 0.25) is 0 Å². The predicted octanol–water partition coefficient (Wildman–Crippen LogP) is 2.12. The molecule has 1 aromatic rings. The Morgan fingerprint density at radius 3 is 2.64 bits per heavy atom. The van der Waals surface area contributed by atoms with Gasteiger partial charge in [0.05, 0.1) is 12.8 Å². The SMILES string of the molecule is COc1cc2c(cc1N)CCC(C(=O)OC(C)(C)C)C(=O)N2. The molecule has 0 saturated carbocycles. The van der Waals surface area contributed by atoms with E-state index in [-0.39, 0.29) is 5.91 Å². The summed E-state index contributed by atoms with van der Waals surface area (Å²) in [5.74, 6) is -1.19. The van der Waals surface area contributed by atoms with Gasteiger partial charge < -0.3 is 20.5 Å². The number of nitrogens with one attached hydrogen (secondary N) is 1. The molecule has 2 rings (SSSR count). The first-order valence-corrected chi connectivity index (χ1v) is 7.21. The number of anilines is 2. The summed E-state index contributed by atoms with van der Waals surface area (Å²) in [6.07, 6.45) is 0.950. The van der Waals surface area contributed by atoms with Crippen molar-refractivity contribution in [2.24, 2.45) is 5.92 Å². The highest BCUT2D eigenvalue weighted by atomic mass is 16.6. The van der Waals surface area contributed by atoms with Gasteiger partial charge in [0.25, 0.3) is 0 Å². The van der Waals surface area contributed by atoms with Crippen molar-refractivity contribution in [3.8, 4) is 5.75 Å². The zero-order valence-corrected chi connectivity index (χ0v) is 13.4. The number of esters is 1. The van der Waals surface area contributed by atoms with Gasteiger partial charge in [0.2, 0.25) is 5.91 Å². The first kappa shape index (κ1) is 16.1. The van der Waals surface area contributed by atoms with E-state index in [0.717, 1.165) is 5.56 Å². The minimum Gasteiger partial charge on any atom is -0.495 e. The molecule has 0 fully saturated rings. The fraction of sp³-hybridized carbons (Fsp3) is 0.500. The van der Waals surface area contributed by atoms with Crippen LogP contribution in [0.15, 0.2) is 12.1 Å². The summed E-state index contributed by atoms with van der Waals surface area (Å²) in [6.45, 7) is 5.33. The normalized spacial score (nSPS) is 18.0. The largest absolute Gasteiger partial charge is 0.495 e. The van der Waals surface area contributed by atoms with Crippen molar-refractivity contribution >= 4 is 23.3 Å². The van der Waals surface area contributed by atoms with Gasteiger partial charge in [0, 0.05) is 11.8 Å². The van der Waals surface area contributed by atoms with Crippen molar-refractivity contribution < 1.29 is 19.1 Å². The molecule has 6 nitrogen and oxygen atoms in total. The lowest BCUT2D eigenvalue weighted by molar-refractivity contribution is -0.161. The third-order valence-corrected chi connectivity index (χ3v) is 3.42. The van der Waals surface area contributed by atoms with E-state index >= 15 is 0 Å². The molecule has 1 aromatic carbocycles. The van der Waals surface area contributed by atoms with E-state index in [0.29, 0.717) is 30.0 Å². The lowest BCUT2D eigenvalue weighted by Crippen LogP contribution is -2.35. The van der Waals surface area contributed by atoms with Crippen molar-refractivity contribution in [2.45, 2.75) is 39.2 Å². The van der Waals surface area contributed by atoms with Gasteiger partial charge in [-0.3, -0.25) is 9.59 Å². The molecule has 1 atom stereocenters. The number of ether oxygens (including phenoxy) is 2. The van der Waals surface area contributed by atoms with Crippen molar-refractivity contribution in [3.05, 3.63) is 17.7 Å². The standard InChI is InChI=1S/C16H22N2O4/c1-16(2,3)22-15(20)10-6-5-9-7-11(17)13(21-4)8-12(9)18-14(10)19/h7-8,10H,5-6,17H2,1-4H3,(H,18,19). The number of hydrogen-bond donors (Lipinski definition) is 2. The summed E-state index contributed by atoms with van der Waals surface area (Å²) >= 11 is 0. The Morgan fingerprint density at radius 2 is 2.05 bits per heavy atom. The molecule has 1 aliphatic rings. The maximum Gasteiger partial charge on any atom is 0.319 e. The summed E-state index contributed by atoms with van der Waals surface area (Å²) in [4.78, 5) is 24.5. The van der Waals surface area contributed by atoms with Crippen LogP contribution < -0.4 is 15.8 Å². The number of methoxy groups -OCH3 is 1. The van der Waals surface area contributed by atoms with E-state index < -0.39 is 17.5 Å². The zero-order chi connectivity index (χ0) is 16.5. The van der Waals surface area contributed by atoms with E-state index in [1.54, 1.807) is 32.9 Å². The number of amides is 1. The highest BCUT2D eigenvalue weighted by Crippen LogP contribution is 2.33. The predicted molar refractivity (Wildman–Crippen MR) is 83.7 cm³/mol. The molecule has 1 unspecified atom stereocenters. The number of carbonyl (C=O) groups excluding carboxylic acids is 2. The molecule has 1 aliphatic heterocycles. The highest BCUT2D eigenvalue weighted by molar-refractivity contribution is 6.06. The maximum absolute atomic E-state index is 12.3. The third kappa shape index (κ3) is 3.50. The summed E-state index contributed by atoms with van der Waals surface area (Å²) < 4.78 is 10.5.